The molecule has 0 saturated carbocycles. The quantitative estimate of drug-likeness (QED) is 0.371. The number of amides is 1. The minimum Gasteiger partial charge on any atom is -0.354 e. The third kappa shape index (κ3) is 3.90. The van der Waals surface area contributed by atoms with Crippen LogP contribution in [0.4, 0.5) is 0 Å². The third-order valence-corrected chi connectivity index (χ3v) is 5.81. The first-order valence-electron chi connectivity index (χ1n) is 9.74. The molecule has 9 heteroatoms. The van der Waals surface area contributed by atoms with Crippen LogP contribution in [-0.2, 0) is 4.79 Å². The van der Waals surface area contributed by atoms with Gasteiger partial charge in [-0.3, -0.25) is 14.0 Å². The number of carbonyl (C=O) groups excluding carboxylic acids is 1. The summed E-state index contributed by atoms with van der Waals surface area (Å²) in [6.45, 7) is 4.27. The highest BCUT2D eigenvalue weighted by Crippen LogP contribution is 2.24. The molecule has 1 amide bonds. The van der Waals surface area contributed by atoms with Gasteiger partial charge in [-0.25, -0.2) is 4.57 Å². The summed E-state index contributed by atoms with van der Waals surface area (Å²) in [5.41, 5.74) is 3.30. The number of hydrogen-bond donors (Lipinski definition) is 1. The molecule has 0 aliphatic heterocycles. The molecule has 0 bridgehead atoms. The number of fused-ring (bicyclic) bond motifs is 3. The maximum absolute atomic E-state index is 13.4. The van der Waals surface area contributed by atoms with Crippen molar-refractivity contribution in [3.8, 4) is 11.8 Å². The zero-order valence-electron chi connectivity index (χ0n) is 17.1. The van der Waals surface area contributed by atoms with Crippen molar-refractivity contribution in [1.29, 1.82) is 5.26 Å². The highest BCUT2D eigenvalue weighted by molar-refractivity contribution is 7.99. The second kappa shape index (κ2) is 8.62. The maximum atomic E-state index is 13.4. The molecule has 0 aliphatic rings. The van der Waals surface area contributed by atoms with Crippen LogP contribution in [0.3, 0.4) is 0 Å². The second-order valence-electron chi connectivity index (χ2n) is 7.11. The third-order valence-electron chi connectivity index (χ3n) is 4.88. The number of hydrogen-bond acceptors (Lipinski definition) is 6. The zero-order valence-corrected chi connectivity index (χ0v) is 17.9. The topological polar surface area (TPSA) is 105 Å². The Morgan fingerprint density at radius 3 is 2.77 bits per heavy atom. The van der Waals surface area contributed by atoms with Gasteiger partial charge in [-0.2, -0.15) is 5.26 Å². The molecule has 31 heavy (non-hydrogen) atoms. The van der Waals surface area contributed by atoms with Crippen molar-refractivity contribution >= 4 is 34.3 Å². The molecular weight excluding hydrogens is 412 g/mol. The molecule has 0 saturated heterocycles. The van der Waals surface area contributed by atoms with E-state index >= 15 is 0 Å². The van der Waals surface area contributed by atoms with Crippen LogP contribution in [0.1, 0.15) is 17.5 Å². The molecule has 0 atom stereocenters. The molecule has 156 valence electrons. The van der Waals surface area contributed by atoms with Crippen LogP contribution in [0.25, 0.3) is 22.4 Å². The Balaban J connectivity index is 1.85. The molecule has 0 radical (unpaired) electrons. The van der Waals surface area contributed by atoms with Gasteiger partial charge in [0.15, 0.2) is 5.16 Å². The number of benzene rings is 2. The highest BCUT2D eigenvalue weighted by atomic mass is 32.2. The van der Waals surface area contributed by atoms with Crippen LogP contribution in [0, 0.1) is 25.2 Å². The molecule has 4 rings (SSSR count). The van der Waals surface area contributed by atoms with Crippen LogP contribution in [0.15, 0.2) is 52.4 Å². The summed E-state index contributed by atoms with van der Waals surface area (Å²) in [4.78, 5) is 25.5. The fraction of sp³-hybridized carbons (Fsp3) is 0.227. The van der Waals surface area contributed by atoms with E-state index in [1.807, 2.05) is 60.7 Å². The Labute approximate surface area is 182 Å². The van der Waals surface area contributed by atoms with Crippen LogP contribution in [-0.4, -0.2) is 37.4 Å². The molecule has 1 N–H and O–H groups in total. The van der Waals surface area contributed by atoms with Gasteiger partial charge in [0, 0.05) is 6.54 Å². The Kier molecular flexibility index (Phi) is 5.73. The van der Waals surface area contributed by atoms with Crippen molar-refractivity contribution in [3.63, 3.8) is 0 Å². The second-order valence-corrected chi connectivity index (χ2v) is 8.05. The number of aromatic nitrogens is 4. The van der Waals surface area contributed by atoms with E-state index in [-0.39, 0.29) is 23.6 Å². The van der Waals surface area contributed by atoms with Gasteiger partial charge in [-0.1, -0.05) is 41.6 Å². The Bertz CT molecular complexity index is 1400. The van der Waals surface area contributed by atoms with Crippen molar-refractivity contribution in [1.82, 2.24) is 24.5 Å². The summed E-state index contributed by atoms with van der Waals surface area (Å²) in [6.07, 6.45) is 0.261. The number of nitrogens with zero attached hydrogens (tertiary/aromatic N) is 5. The predicted molar refractivity (Wildman–Crippen MR) is 120 cm³/mol. The van der Waals surface area contributed by atoms with Gasteiger partial charge in [0.25, 0.3) is 5.56 Å². The largest absolute Gasteiger partial charge is 0.354 e. The van der Waals surface area contributed by atoms with Gasteiger partial charge >= 0.3 is 0 Å². The van der Waals surface area contributed by atoms with Gasteiger partial charge in [0.1, 0.15) is 0 Å². The van der Waals surface area contributed by atoms with Crippen LogP contribution in [0.5, 0.6) is 0 Å². The van der Waals surface area contributed by atoms with Crippen molar-refractivity contribution in [2.45, 2.75) is 25.4 Å². The number of para-hydroxylation sites is 1. The van der Waals surface area contributed by atoms with Gasteiger partial charge in [0.05, 0.1) is 34.8 Å². The van der Waals surface area contributed by atoms with Crippen molar-refractivity contribution in [3.05, 3.63) is 63.9 Å². The molecule has 0 aliphatic carbocycles. The molecule has 0 fully saturated rings. The molecule has 0 spiro atoms. The predicted octanol–water partition coefficient (Wildman–Crippen LogP) is 2.77. The Hall–Kier alpha value is -3.64. The Morgan fingerprint density at radius 2 is 2.00 bits per heavy atom. The summed E-state index contributed by atoms with van der Waals surface area (Å²) in [6, 6.07) is 15.2. The van der Waals surface area contributed by atoms with E-state index in [2.05, 4.69) is 15.5 Å². The van der Waals surface area contributed by atoms with E-state index < -0.39 is 0 Å². The summed E-state index contributed by atoms with van der Waals surface area (Å²) in [7, 11) is 0. The number of rotatable bonds is 6. The minimum absolute atomic E-state index is 0.128. The summed E-state index contributed by atoms with van der Waals surface area (Å²) in [5, 5.41) is 20.9. The fourth-order valence-electron chi connectivity index (χ4n) is 3.48. The van der Waals surface area contributed by atoms with E-state index in [1.54, 1.807) is 10.6 Å². The van der Waals surface area contributed by atoms with Gasteiger partial charge in [-0.15, -0.1) is 10.2 Å². The lowest BCUT2D eigenvalue weighted by atomic mass is 10.1. The van der Waals surface area contributed by atoms with Crippen molar-refractivity contribution in [2.24, 2.45) is 0 Å². The van der Waals surface area contributed by atoms with Crippen LogP contribution < -0.4 is 10.9 Å². The van der Waals surface area contributed by atoms with Crippen LogP contribution >= 0.6 is 11.8 Å². The average molecular weight is 433 g/mol. The number of thioether (sulfide) groups is 1. The molecule has 8 nitrogen and oxygen atoms in total. The molecule has 2 aromatic carbocycles. The monoisotopic (exact) mass is 432 g/mol. The summed E-state index contributed by atoms with van der Waals surface area (Å²) < 4.78 is 3.38. The number of carbonyl (C=O) groups is 1. The minimum atomic E-state index is -0.191. The lowest BCUT2D eigenvalue weighted by Crippen LogP contribution is -2.26. The molecule has 2 aromatic heterocycles. The van der Waals surface area contributed by atoms with E-state index in [4.69, 9.17) is 5.26 Å². The maximum Gasteiger partial charge on any atom is 0.267 e. The van der Waals surface area contributed by atoms with Crippen molar-refractivity contribution < 1.29 is 4.79 Å². The molecular formula is C22H20N6O2S. The van der Waals surface area contributed by atoms with E-state index in [1.165, 1.54) is 11.8 Å². The standard InChI is InChI=1S/C22H20N6O2S/c1-14-8-9-17(15(2)12-14)27-20(30)16-6-3-4-7-18(16)28-21(27)25-26-22(28)31-13-19(29)24-11-5-10-23/h3-4,6-9,12H,5,11,13H2,1-2H3,(H,24,29). The normalized spacial score (nSPS) is 11.0. The van der Waals surface area contributed by atoms with Crippen LogP contribution in [0.2, 0.25) is 0 Å². The molecule has 2 heterocycles. The Morgan fingerprint density at radius 1 is 1.19 bits per heavy atom. The average Bonchev–Trinajstić information content (AvgIpc) is 3.18. The first-order chi connectivity index (χ1) is 15.0. The smallest absolute Gasteiger partial charge is 0.267 e. The lowest BCUT2D eigenvalue weighted by molar-refractivity contribution is -0.118. The molecule has 0 unspecified atom stereocenters. The first kappa shape index (κ1) is 20.6. The van der Waals surface area contributed by atoms with Gasteiger partial charge < -0.3 is 5.32 Å². The van der Waals surface area contributed by atoms with Gasteiger partial charge in [0.2, 0.25) is 11.7 Å². The SMILES string of the molecule is Cc1ccc(-n2c(=O)c3ccccc3n3c(SCC(=O)NCCC#N)nnc23)c(C)c1. The number of aryl methyl sites for hydroxylation is 2. The number of nitrogens with one attached hydrogen (secondary N) is 1. The first-order valence-corrected chi connectivity index (χ1v) is 10.7. The van der Waals surface area contributed by atoms with E-state index in [9.17, 15) is 9.59 Å². The lowest BCUT2D eigenvalue weighted by Gasteiger charge is -2.13. The molecule has 4 aromatic rings. The highest BCUT2D eigenvalue weighted by Gasteiger charge is 2.19. The van der Waals surface area contributed by atoms with Gasteiger partial charge in [-0.05, 0) is 37.6 Å². The van der Waals surface area contributed by atoms with E-state index in [0.29, 0.717) is 28.4 Å². The summed E-state index contributed by atoms with van der Waals surface area (Å²) in [5.74, 6) is 0.329. The summed E-state index contributed by atoms with van der Waals surface area (Å²) >= 11 is 1.23. The number of nitriles is 1. The zero-order chi connectivity index (χ0) is 22.0. The van der Waals surface area contributed by atoms with Crippen molar-refractivity contribution in [2.75, 3.05) is 12.3 Å². The fourth-order valence-corrected chi connectivity index (χ4v) is 4.25. The van der Waals surface area contributed by atoms with E-state index in [0.717, 1.165) is 16.8 Å².